The van der Waals surface area contributed by atoms with E-state index in [0.29, 0.717) is 12.2 Å². The van der Waals surface area contributed by atoms with E-state index in [1.54, 1.807) is 11.6 Å². The second kappa shape index (κ2) is 6.47. The third kappa shape index (κ3) is 3.56. The molecule has 1 saturated heterocycles. The van der Waals surface area contributed by atoms with Crippen LogP contribution in [0.25, 0.3) is 0 Å². The third-order valence-corrected chi connectivity index (χ3v) is 4.09. The summed E-state index contributed by atoms with van der Waals surface area (Å²) in [7, 11) is 1.86. The summed E-state index contributed by atoms with van der Waals surface area (Å²) >= 11 is 0. The minimum Gasteiger partial charge on any atom is -0.480 e. The van der Waals surface area contributed by atoms with Gasteiger partial charge >= 0.3 is 0 Å². The van der Waals surface area contributed by atoms with Crippen molar-refractivity contribution in [2.24, 2.45) is 7.05 Å². The van der Waals surface area contributed by atoms with Gasteiger partial charge in [0.25, 0.3) is 5.91 Å². The van der Waals surface area contributed by atoms with Gasteiger partial charge in [0.1, 0.15) is 5.69 Å². The van der Waals surface area contributed by atoms with Crippen molar-refractivity contribution in [1.82, 2.24) is 14.7 Å². The van der Waals surface area contributed by atoms with E-state index < -0.39 is 0 Å². The van der Waals surface area contributed by atoms with Crippen LogP contribution in [0.4, 0.5) is 0 Å². The Hall–Kier alpha value is -1.56. The van der Waals surface area contributed by atoms with Gasteiger partial charge in [-0.1, -0.05) is 0 Å². The quantitative estimate of drug-likeness (QED) is 0.885. The molecule has 6 heteroatoms. The maximum absolute atomic E-state index is 12.3. The zero-order chi connectivity index (χ0) is 15.6. The molecule has 1 N–H and O–H groups in total. The van der Waals surface area contributed by atoms with Crippen LogP contribution in [0.3, 0.4) is 0 Å². The van der Waals surface area contributed by atoms with Gasteiger partial charge in [-0.05, 0) is 40.0 Å². The first-order valence-corrected chi connectivity index (χ1v) is 7.50. The largest absolute Gasteiger partial charge is 0.480 e. The molecule has 0 radical (unpaired) electrons. The van der Waals surface area contributed by atoms with Gasteiger partial charge in [-0.3, -0.25) is 9.48 Å². The number of likely N-dealkylation sites (tertiary alicyclic amines) is 1. The zero-order valence-electron chi connectivity index (χ0n) is 13.3. The highest BCUT2D eigenvalue weighted by molar-refractivity contribution is 5.78. The van der Waals surface area contributed by atoms with Crippen LogP contribution in [0.1, 0.15) is 37.6 Å². The summed E-state index contributed by atoms with van der Waals surface area (Å²) in [5.41, 5.74) is 1.71. The van der Waals surface area contributed by atoms with Gasteiger partial charge in [0.2, 0.25) is 0 Å². The molecule has 1 fully saturated rings. The van der Waals surface area contributed by atoms with Gasteiger partial charge in [-0.15, -0.1) is 0 Å². The van der Waals surface area contributed by atoms with Crippen LogP contribution < -0.4 is 4.74 Å². The number of aryl methyl sites for hydroxylation is 2. The molecule has 0 spiro atoms. The molecule has 2 atom stereocenters. The van der Waals surface area contributed by atoms with Crippen molar-refractivity contribution in [3.63, 3.8) is 0 Å². The summed E-state index contributed by atoms with van der Waals surface area (Å²) in [6, 6.07) is 0.136. The standard InChI is InChI=1S/C15H25N3O3/c1-10(19)8-13-6-5-7-18(13)14(20)9-21-15-11(2)16-17(4)12(15)3/h10,13,19H,5-9H2,1-4H3. The van der Waals surface area contributed by atoms with Gasteiger partial charge < -0.3 is 14.7 Å². The van der Waals surface area contributed by atoms with E-state index in [1.807, 2.05) is 25.8 Å². The van der Waals surface area contributed by atoms with E-state index in [2.05, 4.69) is 5.10 Å². The van der Waals surface area contributed by atoms with Gasteiger partial charge in [-0.25, -0.2) is 0 Å². The lowest BCUT2D eigenvalue weighted by Gasteiger charge is -2.25. The monoisotopic (exact) mass is 295 g/mol. The Morgan fingerprint density at radius 1 is 1.52 bits per heavy atom. The van der Waals surface area contributed by atoms with Gasteiger partial charge in [0.15, 0.2) is 12.4 Å². The molecule has 0 aromatic carbocycles. The lowest BCUT2D eigenvalue weighted by atomic mass is 10.1. The first-order valence-electron chi connectivity index (χ1n) is 7.50. The average molecular weight is 295 g/mol. The fourth-order valence-corrected chi connectivity index (χ4v) is 2.98. The molecule has 0 saturated carbocycles. The predicted octanol–water partition coefficient (Wildman–Crippen LogP) is 1.18. The van der Waals surface area contributed by atoms with Crippen LogP contribution in [-0.4, -0.2) is 51.0 Å². The predicted molar refractivity (Wildman–Crippen MR) is 79.2 cm³/mol. The molecule has 1 aromatic heterocycles. The number of hydrogen-bond donors (Lipinski definition) is 1. The summed E-state index contributed by atoms with van der Waals surface area (Å²) in [6.07, 6.45) is 2.21. The summed E-state index contributed by atoms with van der Waals surface area (Å²) in [4.78, 5) is 14.2. The number of amides is 1. The lowest BCUT2D eigenvalue weighted by molar-refractivity contribution is -0.134. The number of carbonyl (C=O) groups excluding carboxylic acids is 1. The zero-order valence-corrected chi connectivity index (χ0v) is 13.3. The number of aliphatic hydroxyl groups excluding tert-OH is 1. The summed E-state index contributed by atoms with van der Waals surface area (Å²) < 4.78 is 7.43. The molecular weight excluding hydrogens is 270 g/mol. The van der Waals surface area contributed by atoms with Gasteiger partial charge in [-0.2, -0.15) is 5.10 Å². The minimum atomic E-state index is -0.382. The molecule has 2 heterocycles. The summed E-state index contributed by atoms with van der Waals surface area (Å²) in [5, 5.41) is 13.8. The number of hydrogen-bond acceptors (Lipinski definition) is 4. The first kappa shape index (κ1) is 15.8. The highest BCUT2D eigenvalue weighted by atomic mass is 16.5. The van der Waals surface area contributed by atoms with Crippen molar-refractivity contribution in [1.29, 1.82) is 0 Å². The normalized spacial score (nSPS) is 19.9. The fraction of sp³-hybridized carbons (Fsp3) is 0.733. The van der Waals surface area contributed by atoms with E-state index in [9.17, 15) is 9.90 Å². The van der Waals surface area contributed by atoms with E-state index in [1.165, 1.54) is 0 Å². The Balaban J connectivity index is 1.95. The van der Waals surface area contributed by atoms with Crippen molar-refractivity contribution in [3.8, 4) is 5.75 Å². The van der Waals surface area contributed by atoms with Crippen molar-refractivity contribution in [2.45, 2.75) is 52.2 Å². The minimum absolute atomic E-state index is 0.0131. The smallest absolute Gasteiger partial charge is 0.260 e. The molecule has 1 amide bonds. The number of aliphatic hydroxyl groups is 1. The first-order chi connectivity index (χ1) is 9.90. The molecule has 118 valence electrons. The SMILES string of the molecule is Cc1nn(C)c(C)c1OCC(=O)N1CCCC1CC(C)O. The van der Waals surface area contributed by atoms with E-state index >= 15 is 0 Å². The highest BCUT2D eigenvalue weighted by Gasteiger charge is 2.29. The fourth-order valence-electron chi connectivity index (χ4n) is 2.98. The van der Waals surface area contributed by atoms with E-state index in [-0.39, 0.29) is 24.7 Å². The number of carbonyl (C=O) groups is 1. The average Bonchev–Trinajstić information content (AvgIpc) is 2.93. The second-order valence-electron chi connectivity index (χ2n) is 5.88. The van der Waals surface area contributed by atoms with Crippen LogP contribution >= 0.6 is 0 Å². The third-order valence-electron chi connectivity index (χ3n) is 4.09. The Kier molecular flexibility index (Phi) is 4.88. The van der Waals surface area contributed by atoms with Crippen LogP contribution in [0.2, 0.25) is 0 Å². The number of rotatable bonds is 5. The van der Waals surface area contributed by atoms with Crippen LogP contribution in [0, 0.1) is 13.8 Å². The molecular formula is C15H25N3O3. The number of nitrogens with zero attached hydrogens (tertiary/aromatic N) is 3. The van der Waals surface area contributed by atoms with Gasteiger partial charge in [0, 0.05) is 19.6 Å². The Morgan fingerprint density at radius 2 is 2.24 bits per heavy atom. The molecule has 6 nitrogen and oxygen atoms in total. The topological polar surface area (TPSA) is 67.6 Å². The van der Waals surface area contributed by atoms with Crippen molar-refractivity contribution < 1.29 is 14.6 Å². The molecule has 2 rings (SSSR count). The Morgan fingerprint density at radius 3 is 2.81 bits per heavy atom. The van der Waals surface area contributed by atoms with Crippen molar-refractivity contribution in [2.75, 3.05) is 13.2 Å². The van der Waals surface area contributed by atoms with Crippen LogP contribution in [0.15, 0.2) is 0 Å². The van der Waals surface area contributed by atoms with Crippen LogP contribution in [0.5, 0.6) is 5.75 Å². The summed E-state index contributed by atoms with van der Waals surface area (Å²) in [6.45, 7) is 6.35. The molecule has 0 aliphatic carbocycles. The maximum atomic E-state index is 12.3. The summed E-state index contributed by atoms with van der Waals surface area (Å²) in [5.74, 6) is 0.679. The maximum Gasteiger partial charge on any atom is 0.260 e. The van der Waals surface area contributed by atoms with Crippen molar-refractivity contribution >= 4 is 5.91 Å². The number of ether oxygens (including phenoxy) is 1. The molecule has 1 aliphatic rings. The molecule has 1 aromatic rings. The van der Waals surface area contributed by atoms with E-state index in [0.717, 1.165) is 30.8 Å². The second-order valence-corrected chi connectivity index (χ2v) is 5.88. The molecule has 21 heavy (non-hydrogen) atoms. The van der Waals surface area contributed by atoms with Crippen molar-refractivity contribution in [3.05, 3.63) is 11.4 Å². The van der Waals surface area contributed by atoms with Crippen LogP contribution in [-0.2, 0) is 11.8 Å². The molecule has 2 unspecified atom stereocenters. The van der Waals surface area contributed by atoms with Gasteiger partial charge in [0.05, 0.1) is 11.8 Å². The number of aromatic nitrogens is 2. The van der Waals surface area contributed by atoms with E-state index in [4.69, 9.17) is 4.74 Å². The Labute approximate surface area is 125 Å². The molecule has 1 aliphatic heterocycles. The molecule has 0 bridgehead atoms. The highest BCUT2D eigenvalue weighted by Crippen LogP contribution is 2.24. The Bertz CT molecular complexity index is 511. The lowest BCUT2D eigenvalue weighted by Crippen LogP contribution is -2.40.